The number of amides is 1. The lowest BCUT2D eigenvalue weighted by molar-refractivity contribution is 0.0551. The lowest BCUT2D eigenvalue weighted by atomic mass is 10.1. The maximum Gasteiger partial charge on any atom is 0.253 e. The summed E-state index contributed by atoms with van der Waals surface area (Å²) < 4.78 is 5.51. The number of hydrogen-bond acceptors (Lipinski definition) is 5. The number of benzene rings is 2. The molecule has 0 saturated carbocycles. The summed E-state index contributed by atoms with van der Waals surface area (Å²) in [6.07, 6.45) is 0.653. The number of carbonyl (C=O) groups excluding carboxylic acids is 1. The van der Waals surface area contributed by atoms with Crippen molar-refractivity contribution in [2.24, 2.45) is 0 Å². The van der Waals surface area contributed by atoms with Crippen LogP contribution in [-0.4, -0.2) is 52.0 Å². The Hall–Kier alpha value is -2.70. The predicted molar refractivity (Wildman–Crippen MR) is 111 cm³/mol. The quantitative estimate of drug-likeness (QED) is 0.639. The third kappa shape index (κ3) is 4.66. The summed E-state index contributed by atoms with van der Waals surface area (Å²) in [5.41, 5.74) is 1.82. The predicted octanol–water partition coefficient (Wildman–Crippen LogP) is 3.83. The van der Waals surface area contributed by atoms with Crippen LogP contribution >= 0.6 is 11.6 Å². The second kappa shape index (κ2) is 8.76. The molecule has 2 aromatic carbocycles. The van der Waals surface area contributed by atoms with Crippen molar-refractivity contribution in [2.45, 2.75) is 19.4 Å². The van der Waals surface area contributed by atoms with E-state index < -0.39 is 0 Å². The maximum absolute atomic E-state index is 12.7. The van der Waals surface area contributed by atoms with Crippen LogP contribution in [0.1, 0.15) is 40.6 Å². The molecule has 7 heteroatoms. The Bertz CT molecular complexity index is 950. The highest BCUT2D eigenvalue weighted by molar-refractivity contribution is 6.30. The number of halogens is 1. The van der Waals surface area contributed by atoms with Gasteiger partial charge in [0.25, 0.3) is 5.91 Å². The Labute approximate surface area is 175 Å². The summed E-state index contributed by atoms with van der Waals surface area (Å²) in [6.45, 7) is 4.91. The van der Waals surface area contributed by atoms with Crippen molar-refractivity contribution in [1.82, 2.24) is 19.9 Å². The lowest BCUT2D eigenvalue weighted by Crippen LogP contribution is -2.49. The van der Waals surface area contributed by atoms with Gasteiger partial charge in [-0.25, -0.2) is 0 Å². The van der Waals surface area contributed by atoms with Crippen LogP contribution in [0.25, 0.3) is 0 Å². The number of rotatable bonds is 5. The molecule has 0 unspecified atom stereocenters. The van der Waals surface area contributed by atoms with Gasteiger partial charge >= 0.3 is 0 Å². The second-order valence-electron chi connectivity index (χ2n) is 7.22. The lowest BCUT2D eigenvalue weighted by Gasteiger charge is -2.36. The van der Waals surface area contributed by atoms with Crippen molar-refractivity contribution in [3.05, 3.63) is 82.5 Å². The number of nitrogens with zero attached hydrogens (tertiary/aromatic N) is 4. The van der Waals surface area contributed by atoms with E-state index in [2.05, 4.69) is 34.1 Å². The smallest absolute Gasteiger partial charge is 0.253 e. The van der Waals surface area contributed by atoms with E-state index in [1.54, 1.807) is 24.3 Å². The standard InChI is InChI=1S/C22H23ClN4O2/c1-16(21-24-20(25-29-21)15-17-5-3-2-4-6-17)26-11-13-27(14-12-26)22(28)18-7-9-19(23)10-8-18/h2-10,16H,11-15H2,1H3/t16-/m0/s1. The minimum Gasteiger partial charge on any atom is -0.338 e. The summed E-state index contributed by atoms with van der Waals surface area (Å²) in [6, 6.07) is 17.1. The van der Waals surface area contributed by atoms with Gasteiger partial charge in [0.15, 0.2) is 5.82 Å². The Morgan fingerprint density at radius 2 is 1.76 bits per heavy atom. The molecule has 29 heavy (non-hydrogen) atoms. The summed E-state index contributed by atoms with van der Waals surface area (Å²) in [7, 11) is 0. The fourth-order valence-corrected chi connectivity index (χ4v) is 3.66. The molecule has 2 heterocycles. The van der Waals surface area contributed by atoms with Crippen LogP contribution in [0.3, 0.4) is 0 Å². The van der Waals surface area contributed by atoms with Gasteiger partial charge in [-0.3, -0.25) is 9.69 Å². The molecule has 3 aromatic rings. The van der Waals surface area contributed by atoms with E-state index >= 15 is 0 Å². The number of hydrogen-bond donors (Lipinski definition) is 0. The highest BCUT2D eigenvalue weighted by Crippen LogP contribution is 2.22. The van der Waals surface area contributed by atoms with E-state index in [1.807, 2.05) is 23.1 Å². The molecule has 0 aliphatic carbocycles. The van der Waals surface area contributed by atoms with Crippen LogP contribution in [0.4, 0.5) is 0 Å². The normalized spacial score (nSPS) is 16.0. The van der Waals surface area contributed by atoms with Gasteiger partial charge in [0.2, 0.25) is 5.89 Å². The van der Waals surface area contributed by atoms with Gasteiger partial charge in [0, 0.05) is 43.2 Å². The van der Waals surface area contributed by atoms with Crippen molar-refractivity contribution < 1.29 is 9.32 Å². The van der Waals surface area contributed by atoms with E-state index in [0.29, 0.717) is 41.8 Å². The Kier molecular flexibility index (Phi) is 5.92. The highest BCUT2D eigenvalue weighted by atomic mass is 35.5. The third-order valence-corrected chi connectivity index (χ3v) is 5.54. The van der Waals surface area contributed by atoms with Gasteiger partial charge in [0.1, 0.15) is 0 Å². The number of aromatic nitrogens is 2. The maximum atomic E-state index is 12.7. The molecule has 150 valence electrons. The van der Waals surface area contributed by atoms with Crippen molar-refractivity contribution in [2.75, 3.05) is 26.2 Å². The van der Waals surface area contributed by atoms with Crippen LogP contribution in [0, 0.1) is 0 Å². The minimum atomic E-state index is 0.0137. The van der Waals surface area contributed by atoms with Crippen LogP contribution in [0.2, 0.25) is 5.02 Å². The van der Waals surface area contributed by atoms with Gasteiger partial charge in [-0.2, -0.15) is 4.98 Å². The number of piperazine rings is 1. The molecule has 1 aliphatic heterocycles. The van der Waals surface area contributed by atoms with Crippen LogP contribution in [0.5, 0.6) is 0 Å². The van der Waals surface area contributed by atoms with Crippen molar-refractivity contribution >= 4 is 17.5 Å². The molecule has 1 atom stereocenters. The van der Waals surface area contributed by atoms with Gasteiger partial charge in [-0.1, -0.05) is 47.1 Å². The minimum absolute atomic E-state index is 0.0137. The van der Waals surface area contributed by atoms with Crippen molar-refractivity contribution in [3.8, 4) is 0 Å². The van der Waals surface area contributed by atoms with Crippen LogP contribution < -0.4 is 0 Å². The summed E-state index contributed by atoms with van der Waals surface area (Å²) in [4.78, 5) is 21.4. The molecule has 4 rings (SSSR count). The molecule has 1 aromatic heterocycles. The van der Waals surface area contributed by atoms with E-state index in [9.17, 15) is 4.79 Å². The summed E-state index contributed by atoms with van der Waals surface area (Å²) >= 11 is 5.91. The summed E-state index contributed by atoms with van der Waals surface area (Å²) in [5.74, 6) is 1.35. The van der Waals surface area contributed by atoms with E-state index in [4.69, 9.17) is 16.1 Å². The highest BCUT2D eigenvalue weighted by Gasteiger charge is 2.28. The average molecular weight is 411 g/mol. The fourth-order valence-electron chi connectivity index (χ4n) is 3.53. The first kappa shape index (κ1) is 19.6. The summed E-state index contributed by atoms with van der Waals surface area (Å²) in [5, 5.41) is 4.76. The molecule has 0 radical (unpaired) electrons. The van der Waals surface area contributed by atoms with Gasteiger partial charge in [-0.05, 0) is 36.8 Å². The number of carbonyl (C=O) groups is 1. The molecule has 0 N–H and O–H groups in total. The fraction of sp³-hybridized carbons (Fsp3) is 0.318. The zero-order valence-electron chi connectivity index (χ0n) is 16.3. The molecule has 1 fully saturated rings. The zero-order chi connectivity index (χ0) is 20.2. The molecular formula is C22H23ClN4O2. The SMILES string of the molecule is C[C@@H](c1nc(Cc2ccccc2)no1)N1CCN(C(=O)c2ccc(Cl)cc2)CC1. The van der Waals surface area contributed by atoms with E-state index in [1.165, 1.54) is 0 Å². The molecule has 6 nitrogen and oxygen atoms in total. The second-order valence-corrected chi connectivity index (χ2v) is 7.66. The first-order valence-corrected chi connectivity index (χ1v) is 10.1. The first-order valence-electron chi connectivity index (χ1n) is 9.75. The monoisotopic (exact) mass is 410 g/mol. The van der Waals surface area contributed by atoms with Gasteiger partial charge in [-0.15, -0.1) is 0 Å². The Morgan fingerprint density at radius 3 is 2.45 bits per heavy atom. The zero-order valence-corrected chi connectivity index (χ0v) is 17.0. The molecule has 0 bridgehead atoms. The molecule has 1 amide bonds. The van der Waals surface area contributed by atoms with E-state index in [-0.39, 0.29) is 11.9 Å². The third-order valence-electron chi connectivity index (χ3n) is 5.29. The molecular weight excluding hydrogens is 388 g/mol. The first-order chi connectivity index (χ1) is 14.1. The van der Waals surface area contributed by atoms with Gasteiger partial charge < -0.3 is 9.42 Å². The van der Waals surface area contributed by atoms with Crippen molar-refractivity contribution in [3.63, 3.8) is 0 Å². The largest absolute Gasteiger partial charge is 0.338 e. The van der Waals surface area contributed by atoms with Crippen LogP contribution in [-0.2, 0) is 6.42 Å². The Balaban J connectivity index is 1.34. The topological polar surface area (TPSA) is 62.5 Å². The van der Waals surface area contributed by atoms with E-state index in [0.717, 1.165) is 18.7 Å². The van der Waals surface area contributed by atoms with Crippen LogP contribution in [0.15, 0.2) is 59.1 Å². The molecule has 1 aliphatic rings. The molecule has 1 saturated heterocycles. The van der Waals surface area contributed by atoms with Crippen molar-refractivity contribution in [1.29, 1.82) is 0 Å². The Morgan fingerprint density at radius 1 is 1.07 bits per heavy atom. The molecule has 0 spiro atoms. The van der Waals surface area contributed by atoms with Gasteiger partial charge in [0.05, 0.1) is 6.04 Å². The average Bonchev–Trinajstić information content (AvgIpc) is 3.22.